The minimum absolute atomic E-state index is 0.0604. The molecule has 3 rings (SSSR count). The van der Waals surface area contributed by atoms with Crippen molar-refractivity contribution < 1.29 is 19.7 Å². The van der Waals surface area contributed by atoms with Crippen LogP contribution in [0.1, 0.15) is 19.8 Å². The fourth-order valence-corrected chi connectivity index (χ4v) is 4.06. The summed E-state index contributed by atoms with van der Waals surface area (Å²) in [6, 6.07) is 0. The van der Waals surface area contributed by atoms with Gasteiger partial charge in [-0.15, -0.1) is 0 Å². The molecule has 0 aromatic rings. The minimum atomic E-state index is -0.602. The lowest BCUT2D eigenvalue weighted by atomic mass is 9.79. The molecule has 19 heavy (non-hydrogen) atoms. The standard InChI is InChI=1S/C15H20O4/c1-6-4-11(17)13-8(3)15(18)19-14(13)12-7(2)10(16)5-9(6)12/h8-14,16-17H,1-2,4-5H2,3H3/t8-,9-,10-,11-,12-,13+,14+/m0/s1. The van der Waals surface area contributed by atoms with Gasteiger partial charge in [0.25, 0.3) is 0 Å². The zero-order valence-electron chi connectivity index (χ0n) is 11.1. The number of hydrogen-bond acceptors (Lipinski definition) is 4. The molecule has 1 heterocycles. The summed E-state index contributed by atoms with van der Waals surface area (Å²) in [6.07, 6.45) is -0.480. The molecule has 0 bridgehead atoms. The summed E-state index contributed by atoms with van der Waals surface area (Å²) in [5.41, 5.74) is 1.66. The van der Waals surface area contributed by atoms with Crippen LogP contribution in [-0.4, -0.2) is 34.5 Å². The van der Waals surface area contributed by atoms with E-state index in [0.29, 0.717) is 12.8 Å². The number of hydrogen-bond donors (Lipinski definition) is 2. The number of rotatable bonds is 0. The van der Waals surface area contributed by atoms with Crippen LogP contribution in [0, 0.1) is 23.7 Å². The lowest BCUT2D eigenvalue weighted by Gasteiger charge is -2.27. The van der Waals surface area contributed by atoms with Crippen LogP contribution in [0.5, 0.6) is 0 Å². The molecule has 2 saturated carbocycles. The van der Waals surface area contributed by atoms with Gasteiger partial charge in [-0.05, 0) is 24.3 Å². The van der Waals surface area contributed by atoms with Crippen LogP contribution in [-0.2, 0) is 9.53 Å². The van der Waals surface area contributed by atoms with Crippen molar-refractivity contribution in [1.29, 1.82) is 0 Å². The van der Waals surface area contributed by atoms with E-state index in [1.54, 1.807) is 6.92 Å². The Bertz CT molecular complexity index is 455. The molecule has 104 valence electrons. The highest BCUT2D eigenvalue weighted by molar-refractivity contribution is 5.75. The van der Waals surface area contributed by atoms with E-state index in [0.717, 1.165) is 11.1 Å². The molecule has 0 unspecified atom stereocenters. The van der Waals surface area contributed by atoms with Gasteiger partial charge < -0.3 is 14.9 Å². The van der Waals surface area contributed by atoms with E-state index in [1.165, 1.54) is 0 Å². The van der Waals surface area contributed by atoms with Gasteiger partial charge in [-0.3, -0.25) is 4.79 Å². The van der Waals surface area contributed by atoms with E-state index in [1.807, 2.05) is 0 Å². The minimum Gasteiger partial charge on any atom is -0.461 e. The van der Waals surface area contributed by atoms with Crippen molar-refractivity contribution in [1.82, 2.24) is 0 Å². The van der Waals surface area contributed by atoms with Gasteiger partial charge in [-0.2, -0.15) is 0 Å². The van der Waals surface area contributed by atoms with Crippen molar-refractivity contribution in [3.05, 3.63) is 24.3 Å². The maximum Gasteiger partial charge on any atom is 0.309 e. The quantitative estimate of drug-likeness (QED) is 0.507. The highest BCUT2D eigenvalue weighted by Gasteiger charge is 2.56. The number of carbonyl (C=O) groups is 1. The van der Waals surface area contributed by atoms with Crippen molar-refractivity contribution >= 4 is 5.97 Å². The Labute approximate surface area is 112 Å². The van der Waals surface area contributed by atoms with E-state index in [-0.39, 0.29) is 35.7 Å². The summed E-state index contributed by atoms with van der Waals surface area (Å²) in [6.45, 7) is 9.82. The van der Waals surface area contributed by atoms with Gasteiger partial charge in [0, 0.05) is 11.8 Å². The number of esters is 1. The number of fused-ring (bicyclic) bond motifs is 3. The second-order valence-corrected chi connectivity index (χ2v) is 6.16. The number of aliphatic hydroxyl groups excluding tert-OH is 2. The largest absolute Gasteiger partial charge is 0.461 e. The average molecular weight is 264 g/mol. The summed E-state index contributed by atoms with van der Waals surface area (Å²) in [4.78, 5) is 11.8. The molecule has 0 aromatic heterocycles. The highest BCUT2D eigenvalue weighted by Crippen LogP contribution is 2.52. The van der Waals surface area contributed by atoms with Crippen molar-refractivity contribution in [2.45, 2.75) is 38.1 Å². The Hall–Kier alpha value is -1.13. The molecule has 0 amide bonds. The first-order valence-corrected chi connectivity index (χ1v) is 6.84. The van der Waals surface area contributed by atoms with Gasteiger partial charge in [0.2, 0.25) is 0 Å². The third-order valence-corrected chi connectivity index (χ3v) is 5.14. The molecule has 3 fully saturated rings. The normalized spacial score (nSPS) is 49.6. The van der Waals surface area contributed by atoms with Gasteiger partial charge >= 0.3 is 5.97 Å². The first-order valence-electron chi connectivity index (χ1n) is 6.84. The van der Waals surface area contributed by atoms with Gasteiger partial charge in [0.15, 0.2) is 0 Å². The van der Waals surface area contributed by atoms with Gasteiger partial charge in [-0.25, -0.2) is 0 Å². The van der Waals surface area contributed by atoms with E-state index in [4.69, 9.17) is 4.74 Å². The SMILES string of the molecule is C=C1[C@@H]2[C@H]3OC(=O)[C@@H](C)[C@@H]3[C@@H](O)CC(=C)[C@@H]2C[C@@H]1O. The van der Waals surface area contributed by atoms with Crippen LogP contribution >= 0.6 is 0 Å². The summed E-state index contributed by atoms with van der Waals surface area (Å²) in [5, 5.41) is 20.4. The van der Waals surface area contributed by atoms with Gasteiger partial charge in [0.1, 0.15) is 6.10 Å². The summed E-state index contributed by atoms with van der Waals surface area (Å²) in [5.74, 6) is -0.823. The predicted molar refractivity (Wildman–Crippen MR) is 69.0 cm³/mol. The van der Waals surface area contributed by atoms with Gasteiger partial charge in [-0.1, -0.05) is 25.7 Å². The maximum atomic E-state index is 11.8. The van der Waals surface area contributed by atoms with Gasteiger partial charge in [0.05, 0.1) is 18.1 Å². The zero-order valence-corrected chi connectivity index (χ0v) is 11.1. The summed E-state index contributed by atoms with van der Waals surface area (Å²) < 4.78 is 5.50. The summed E-state index contributed by atoms with van der Waals surface area (Å²) >= 11 is 0. The fraction of sp³-hybridized carbons (Fsp3) is 0.667. The predicted octanol–water partition coefficient (Wildman–Crippen LogP) is 1.04. The molecule has 2 N–H and O–H groups in total. The van der Waals surface area contributed by atoms with E-state index < -0.39 is 12.2 Å². The molecular weight excluding hydrogens is 244 g/mol. The molecule has 4 heteroatoms. The van der Waals surface area contributed by atoms with Crippen LogP contribution in [0.3, 0.4) is 0 Å². The van der Waals surface area contributed by atoms with Crippen LogP contribution in [0.15, 0.2) is 24.3 Å². The highest BCUT2D eigenvalue weighted by atomic mass is 16.6. The zero-order chi connectivity index (χ0) is 13.9. The molecule has 3 aliphatic rings. The summed E-state index contributed by atoms with van der Waals surface area (Å²) in [7, 11) is 0. The first-order chi connectivity index (χ1) is 8.91. The van der Waals surface area contributed by atoms with E-state index in [9.17, 15) is 15.0 Å². The molecule has 4 nitrogen and oxygen atoms in total. The molecular formula is C15H20O4. The first kappa shape index (κ1) is 12.9. The van der Waals surface area contributed by atoms with Crippen molar-refractivity contribution in [2.24, 2.45) is 23.7 Å². The lowest BCUT2D eigenvalue weighted by Crippen LogP contribution is -2.35. The molecule has 0 aromatic carbocycles. The average Bonchev–Trinajstić information content (AvgIpc) is 2.75. The Kier molecular flexibility index (Phi) is 2.84. The monoisotopic (exact) mass is 264 g/mol. The molecule has 0 radical (unpaired) electrons. The molecule has 2 aliphatic carbocycles. The third kappa shape index (κ3) is 1.70. The molecule has 1 saturated heterocycles. The number of aliphatic hydroxyl groups is 2. The van der Waals surface area contributed by atoms with Crippen molar-refractivity contribution in [3.63, 3.8) is 0 Å². The lowest BCUT2D eigenvalue weighted by molar-refractivity contribution is -0.145. The number of ether oxygens (including phenoxy) is 1. The topological polar surface area (TPSA) is 66.8 Å². The Morgan fingerprint density at radius 3 is 2.68 bits per heavy atom. The smallest absolute Gasteiger partial charge is 0.309 e. The molecule has 0 spiro atoms. The Balaban J connectivity index is 2.03. The number of carbonyl (C=O) groups excluding carboxylic acids is 1. The molecule has 1 aliphatic heterocycles. The maximum absolute atomic E-state index is 11.8. The fourth-order valence-electron chi connectivity index (χ4n) is 4.06. The Morgan fingerprint density at radius 1 is 1.32 bits per heavy atom. The van der Waals surface area contributed by atoms with Crippen LogP contribution in [0.2, 0.25) is 0 Å². The van der Waals surface area contributed by atoms with Crippen molar-refractivity contribution in [2.75, 3.05) is 0 Å². The Morgan fingerprint density at radius 2 is 2.00 bits per heavy atom. The van der Waals surface area contributed by atoms with Crippen LogP contribution < -0.4 is 0 Å². The second kappa shape index (κ2) is 4.18. The van der Waals surface area contributed by atoms with Crippen LogP contribution in [0.4, 0.5) is 0 Å². The third-order valence-electron chi connectivity index (χ3n) is 5.14. The molecule has 7 atom stereocenters. The second-order valence-electron chi connectivity index (χ2n) is 6.16. The van der Waals surface area contributed by atoms with Crippen LogP contribution in [0.25, 0.3) is 0 Å². The van der Waals surface area contributed by atoms with E-state index in [2.05, 4.69) is 13.2 Å². The van der Waals surface area contributed by atoms with Crippen molar-refractivity contribution in [3.8, 4) is 0 Å². The van der Waals surface area contributed by atoms with E-state index >= 15 is 0 Å².